The number of benzene rings is 1. The molecule has 1 aromatic heterocycles. The Bertz CT molecular complexity index is 676. The molecule has 0 unspecified atom stereocenters. The number of carbonyl (C=O) groups is 1. The summed E-state index contributed by atoms with van der Waals surface area (Å²) in [4.78, 5) is 16.2. The number of halogens is 2. The quantitative estimate of drug-likeness (QED) is 0.784. The first-order valence-electron chi connectivity index (χ1n) is 5.90. The molecule has 0 aliphatic rings. The van der Waals surface area contributed by atoms with Gasteiger partial charge in [-0.1, -0.05) is 48.3 Å². The minimum absolute atomic E-state index is 0.270. The number of aromatic nitrogens is 1. The minimum atomic E-state index is -0.952. The second-order valence-corrected chi connectivity index (χ2v) is 7.70. The lowest BCUT2D eigenvalue weighted by molar-refractivity contribution is 0.0699. The SMILES string of the molecule is CC(C)(C)c1nc(-c2ccc(Br)cc2Cl)sc1C(=O)O. The first-order valence-corrected chi connectivity index (χ1v) is 7.89. The standard InChI is InChI=1S/C14H13BrClNO2S/c1-14(2,3)11-10(13(18)19)20-12(17-11)8-5-4-7(15)6-9(8)16/h4-6H,1-3H3,(H,18,19). The van der Waals surface area contributed by atoms with Crippen molar-refractivity contribution in [3.63, 3.8) is 0 Å². The second-order valence-electron chi connectivity index (χ2n) is 5.38. The minimum Gasteiger partial charge on any atom is -0.477 e. The van der Waals surface area contributed by atoms with Crippen LogP contribution in [0.5, 0.6) is 0 Å². The van der Waals surface area contributed by atoms with E-state index in [0.717, 1.165) is 21.4 Å². The molecule has 0 amide bonds. The van der Waals surface area contributed by atoms with E-state index in [4.69, 9.17) is 11.6 Å². The highest BCUT2D eigenvalue weighted by Crippen LogP contribution is 2.37. The van der Waals surface area contributed by atoms with E-state index in [1.807, 2.05) is 32.9 Å². The van der Waals surface area contributed by atoms with E-state index >= 15 is 0 Å². The van der Waals surface area contributed by atoms with Crippen molar-refractivity contribution in [1.82, 2.24) is 4.98 Å². The largest absolute Gasteiger partial charge is 0.477 e. The zero-order valence-corrected chi connectivity index (χ0v) is 14.4. The fourth-order valence-corrected chi connectivity index (χ4v) is 3.72. The van der Waals surface area contributed by atoms with E-state index in [1.165, 1.54) is 0 Å². The van der Waals surface area contributed by atoms with Gasteiger partial charge in [-0.05, 0) is 18.2 Å². The van der Waals surface area contributed by atoms with Crippen LogP contribution in [0.15, 0.2) is 22.7 Å². The highest BCUT2D eigenvalue weighted by atomic mass is 79.9. The summed E-state index contributed by atoms with van der Waals surface area (Å²) >= 11 is 10.7. The van der Waals surface area contributed by atoms with Crippen LogP contribution in [0, 0.1) is 0 Å². The van der Waals surface area contributed by atoms with Gasteiger partial charge in [0.15, 0.2) is 0 Å². The third-order valence-electron chi connectivity index (χ3n) is 2.69. The predicted octanol–water partition coefficient (Wildman–Crippen LogP) is 5.22. The molecule has 106 valence electrons. The lowest BCUT2D eigenvalue weighted by Crippen LogP contribution is -2.16. The van der Waals surface area contributed by atoms with Crippen molar-refractivity contribution in [2.45, 2.75) is 26.2 Å². The van der Waals surface area contributed by atoms with E-state index < -0.39 is 5.97 Å². The van der Waals surface area contributed by atoms with Crippen molar-refractivity contribution < 1.29 is 9.90 Å². The van der Waals surface area contributed by atoms with Crippen LogP contribution in [0.25, 0.3) is 10.6 Å². The Morgan fingerprint density at radius 1 is 1.40 bits per heavy atom. The molecule has 0 spiro atoms. The van der Waals surface area contributed by atoms with Gasteiger partial charge in [0.2, 0.25) is 0 Å². The van der Waals surface area contributed by atoms with Gasteiger partial charge >= 0.3 is 5.97 Å². The van der Waals surface area contributed by atoms with Crippen LogP contribution in [0.1, 0.15) is 36.1 Å². The Morgan fingerprint density at radius 2 is 2.05 bits per heavy atom. The third kappa shape index (κ3) is 3.05. The highest BCUT2D eigenvalue weighted by Gasteiger charge is 2.27. The average Bonchev–Trinajstić information content (AvgIpc) is 2.73. The van der Waals surface area contributed by atoms with Crippen LogP contribution in [0.4, 0.5) is 0 Å². The molecule has 3 nitrogen and oxygen atoms in total. The van der Waals surface area contributed by atoms with Gasteiger partial charge in [0.05, 0.1) is 10.7 Å². The molecule has 2 rings (SSSR count). The van der Waals surface area contributed by atoms with Gasteiger partial charge in [-0.2, -0.15) is 0 Å². The van der Waals surface area contributed by atoms with Crippen molar-refractivity contribution in [3.05, 3.63) is 38.3 Å². The number of thiazole rings is 1. The van der Waals surface area contributed by atoms with E-state index in [1.54, 1.807) is 6.07 Å². The van der Waals surface area contributed by atoms with Crippen molar-refractivity contribution in [3.8, 4) is 10.6 Å². The van der Waals surface area contributed by atoms with Crippen LogP contribution in [0.3, 0.4) is 0 Å². The molecule has 2 aromatic rings. The fraction of sp³-hybridized carbons (Fsp3) is 0.286. The van der Waals surface area contributed by atoms with Crippen LogP contribution in [-0.4, -0.2) is 16.1 Å². The summed E-state index contributed by atoms with van der Waals surface area (Å²) in [5, 5.41) is 10.5. The molecule has 1 aromatic carbocycles. The van der Waals surface area contributed by atoms with Crippen molar-refractivity contribution in [1.29, 1.82) is 0 Å². The maximum atomic E-state index is 11.4. The normalized spacial score (nSPS) is 11.7. The van der Waals surface area contributed by atoms with Crippen molar-refractivity contribution in [2.75, 3.05) is 0 Å². The van der Waals surface area contributed by atoms with E-state index in [9.17, 15) is 9.90 Å². The van der Waals surface area contributed by atoms with Crippen LogP contribution >= 0.6 is 38.9 Å². The third-order valence-corrected chi connectivity index (χ3v) is 4.58. The molecule has 0 radical (unpaired) electrons. The zero-order valence-electron chi connectivity index (χ0n) is 11.2. The molecular formula is C14H13BrClNO2S. The van der Waals surface area contributed by atoms with Crippen LogP contribution in [-0.2, 0) is 5.41 Å². The van der Waals surface area contributed by atoms with Gasteiger partial charge < -0.3 is 5.11 Å². The Balaban J connectivity index is 2.62. The Kier molecular flexibility index (Phi) is 4.23. The number of carboxylic acids is 1. The van der Waals surface area contributed by atoms with Crippen molar-refractivity contribution >= 4 is 44.8 Å². The molecule has 0 atom stereocenters. The summed E-state index contributed by atoms with van der Waals surface area (Å²) in [6.07, 6.45) is 0. The second kappa shape index (κ2) is 5.47. The summed E-state index contributed by atoms with van der Waals surface area (Å²) < 4.78 is 0.873. The molecule has 6 heteroatoms. The van der Waals surface area contributed by atoms with Crippen LogP contribution in [0.2, 0.25) is 5.02 Å². The molecule has 1 heterocycles. The number of hydrogen-bond acceptors (Lipinski definition) is 3. The number of hydrogen-bond donors (Lipinski definition) is 1. The molecule has 0 bridgehead atoms. The van der Waals surface area contributed by atoms with Crippen molar-refractivity contribution in [2.24, 2.45) is 0 Å². The van der Waals surface area contributed by atoms with Gasteiger partial charge in [-0.3, -0.25) is 0 Å². The molecule has 20 heavy (non-hydrogen) atoms. The smallest absolute Gasteiger partial charge is 0.347 e. The predicted molar refractivity (Wildman–Crippen MR) is 85.9 cm³/mol. The number of rotatable bonds is 2. The molecule has 1 N–H and O–H groups in total. The number of carboxylic acid groups (broad SMARTS) is 1. The first-order chi connectivity index (χ1) is 9.20. The summed E-state index contributed by atoms with van der Waals surface area (Å²) in [7, 11) is 0. The lowest BCUT2D eigenvalue weighted by Gasteiger charge is -2.16. The van der Waals surface area contributed by atoms with Gasteiger partial charge in [-0.25, -0.2) is 9.78 Å². The zero-order chi connectivity index (χ0) is 15.1. The molecule has 0 saturated heterocycles. The molecule has 0 aliphatic heterocycles. The van der Waals surface area contributed by atoms with Gasteiger partial charge in [-0.15, -0.1) is 11.3 Å². The molecular weight excluding hydrogens is 362 g/mol. The monoisotopic (exact) mass is 373 g/mol. The highest BCUT2D eigenvalue weighted by molar-refractivity contribution is 9.10. The summed E-state index contributed by atoms with van der Waals surface area (Å²) in [6, 6.07) is 5.47. The maximum absolute atomic E-state index is 11.4. The molecule has 0 aliphatic carbocycles. The number of nitrogens with zero attached hydrogens (tertiary/aromatic N) is 1. The first kappa shape index (κ1) is 15.5. The van der Waals surface area contributed by atoms with Gasteiger partial charge in [0, 0.05) is 15.5 Å². The summed E-state index contributed by atoms with van der Waals surface area (Å²) in [5.41, 5.74) is 1.01. The summed E-state index contributed by atoms with van der Waals surface area (Å²) in [6.45, 7) is 5.84. The van der Waals surface area contributed by atoms with E-state index in [0.29, 0.717) is 15.7 Å². The maximum Gasteiger partial charge on any atom is 0.347 e. The Labute approximate surface area is 134 Å². The lowest BCUT2D eigenvalue weighted by atomic mass is 9.91. The van der Waals surface area contributed by atoms with Gasteiger partial charge in [0.1, 0.15) is 9.88 Å². The van der Waals surface area contributed by atoms with E-state index in [-0.39, 0.29) is 10.3 Å². The van der Waals surface area contributed by atoms with Crippen LogP contribution < -0.4 is 0 Å². The fourth-order valence-electron chi connectivity index (χ4n) is 1.75. The number of aromatic carboxylic acids is 1. The molecule has 0 fully saturated rings. The van der Waals surface area contributed by atoms with E-state index in [2.05, 4.69) is 20.9 Å². The Hall–Kier alpha value is -0.910. The summed E-state index contributed by atoms with van der Waals surface area (Å²) in [5.74, 6) is -0.952. The average molecular weight is 375 g/mol. The molecule has 0 saturated carbocycles. The van der Waals surface area contributed by atoms with Gasteiger partial charge in [0.25, 0.3) is 0 Å². The Morgan fingerprint density at radius 3 is 2.50 bits per heavy atom. The topological polar surface area (TPSA) is 50.2 Å².